The fourth-order valence-corrected chi connectivity index (χ4v) is 2.10. The van der Waals surface area contributed by atoms with Gasteiger partial charge in [-0.15, -0.1) is 11.7 Å². The minimum atomic E-state index is -0.312. The lowest BCUT2D eigenvalue weighted by Gasteiger charge is -2.07. The van der Waals surface area contributed by atoms with Crippen LogP contribution in [0.1, 0.15) is 15.9 Å². The molecular formula is C18H17N5O2. The monoisotopic (exact) mass is 335 g/mol. The molecule has 2 aromatic carbocycles. The highest BCUT2D eigenvalue weighted by atomic mass is 16.5. The van der Waals surface area contributed by atoms with Gasteiger partial charge in [0, 0.05) is 5.56 Å². The van der Waals surface area contributed by atoms with Gasteiger partial charge in [-0.1, -0.05) is 41.5 Å². The van der Waals surface area contributed by atoms with E-state index in [1.807, 2.05) is 30.3 Å². The summed E-state index contributed by atoms with van der Waals surface area (Å²) in [6.07, 6.45) is 1.64. The second kappa shape index (κ2) is 7.87. The highest BCUT2D eigenvalue weighted by Gasteiger charge is 2.10. The minimum absolute atomic E-state index is 0.149. The van der Waals surface area contributed by atoms with Gasteiger partial charge < -0.3 is 4.74 Å². The van der Waals surface area contributed by atoms with Crippen LogP contribution in [0.15, 0.2) is 67.3 Å². The van der Waals surface area contributed by atoms with Gasteiger partial charge in [0.05, 0.1) is 6.54 Å². The number of nitrogens with zero attached hydrogens (tertiary/aromatic N) is 4. The highest BCUT2D eigenvalue weighted by Crippen LogP contribution is 2.15. The van der Waals surface area contributed by atoms with E-state index in [1.165, 1.54) is 4.80 Å². The normalized spacial score (nSPS) is 10.2. The molecule has 1 N–H and O–H groups in total. The summed E-state index contributed by atoms with van der Waals surface area (Å²) >= 11 is 0. The Morgan fingerprint density at radius 1 is 1.16 bits per heavy atom. The zero-order chi connectivity index (χ0) is 17.5. The number of amides is 1. The third-order valence-electron chi connectivity index (χ3n) is 3.34. The molecule has 3 rings (SSSR count). The Balaban J connectivity index is 1.57. The Kier molecular flexibility index (Phi) is 5.16. The molecule has 0 spiro atoms. The zero-order valence-electron chi connectivity index (χ0n) is 13.5. The lowest BCUT2D eigenvalue weighted by molar-refractivity contribution is 0.102. The smallest absolute Gasteiger partial charge is 0.270 e. The van der Waals surface area contributed by atoms with E-state index in [1.54, 1.807) is 30.3 Å². The first-order valence-electron chi connectivity index (χ1n) is 7.71. The van der Waals surface area contributed by atoms with Crippen molar-refractivity contribution >= 4 is 11.9 Å². The lowest BCUT2D eigenvalue weighted by atomic mass is 10.2. The van der Waals surface area contributed by atoms with Crippen molar-refractivity contribution in [2.24, 2.45) is 0 Å². The van der Waals surface area contributed by atoms with Gasteiger partial charge in [0.25, 0.3) is 11.9 Å². The number of aromatic nitrogens is 4. The fraction of sp³-hybridized carbons (Fsp3) is 0.111. The quantitative estimate of drug-likeness (QED) is 0.671. The molecular weight excluding hydrogens is 318 g/mol. The van der Waals surface area contributed by atoms with E-state index in [9.17, 15) is 4.79 Å². The van der Waals surface area contributed by atoms with E-state index in [-0.39, 0.29) is 11.9 Å². The predicted octanol–water partition coefficient (Wildman–Crippen LogP) is 2.69. The molecule has 7 nitrogen and oxygen atoms in total. The Morgan fingerprint density at radius 2 is 1.92 bits per heavy atom. The third kappa shape index (κ3) is 4.51. The number of hydrogen-bond acceptors (Lipinski definition) is 5. The van der Waals surface area contributed by atoms with E-state index in [2.05, 4.69) is 27.3 Å². The Bertz CT molecular complexity index is 843. The van der Waals surface area contributed by atoms with E-state index >= 15 is 0 Å². The van der Waals surface area contributed by atoms with Crippen molar-refractivity contribution in [3.63, 3.8) is 0 Å². The predicted molar refractivity (Wildman–Crippen MR) is 93.2 cm³/mol. The molecule has 126 valence electrons. The first-order chi connectivity index (χ1) is 12.2. The molecule has 0 radical (unpaired) electrons. The van der Waals surface area contributed by atoms with E-state index < -0.39 is 0 Å². The van der Waals surface area contributed by atoms with E-state index in [4.69, 9.17) is 4.74 Å². The largest absolute Gasteiger partial charge is 0.489 e. The van der Waals surface area contributed by atoms with Gasteiger partial charge in [-0.05, 0) is 35.0 Å². The van der Waals surface area contributed by atoms with Gasteiger partial charge in [0.2, 0.25) is 0 Å². The number of allylic oxidation sites excluding steroid dienone is 1. The van der Waals surface area contributed by atoms with Crippen LogP contribution in [0.25, 0.3) is 0 Å². The first-order valence-corrected chi connectivity index (χ1v) is 7.71. The highest BCUT2D eigenvalue weighted by molar-refractivity contribution is 6.03. The average Bonchev–Trinajstić information content (AvgIpc) is 3.08. The summed E-state index contributed by atoms with van der Waals surface area (Å²) in [5.74, 6) is 0.527. The molecule has 0 aliphatic rings. The molecule has 7 heteroatoms. The second-order valence-corrected chi connectivity index (χ2v) is 5.21. The molecule has 1 aromatic heterocycles. The van der Waals surface area contributed by atoms with Crippen LogP contribution in [0.3, 0.4) is 0 Å². The number of carbonyl (C=O) groups excluding carboxylic acids is 1. The summed E-state index contributed by atoms with van der Waals surface area (Å²) in [4.78, 5) is 13.5. The van der Waals surface area contributed by atoms with Gasteiger partial charge >= 0.3 is 0 Å². The number of anilines is 1. The number of nitrogens with one attached hydrogen (secondary N) is 1. The molecule has 0 fully saturated rings. The maximum absolute atomic E-state index is 12.2. The summed E-state index contributed by atoms with van der Waals surface area (Å²) < 4.78 is 5.70. The molecule has 0 aliphatic heterocycles. The third-order valence-corrected chi connectivity index (χ3v) is 3.34. The number of rotatable bonds is 7. The summed E-state index contributed by atoms with van der Waals surface area (Å²) in [7, 11) is 0. The van der Waals surface area contributed by atoms with Crippen LogP contribution in [0, 0.1) is 0 Å². The molecule has 3 aromatic rings. The molecule has 25 heavy (non-hydrogen) atoms. The number of ether oxygens (including phenoxy) is 1. The van der Waals surface area contributed by atoms with Gasteiger partial charge in [0.15, 0.2) is 0 Å². The molecule has 1 heterocycles. The first kappa shape index (κ1) is 16.4. The van der Waals surface area contributed by atoms with Crippen molar-refractivity contribution in [2.45, 2.75) is 13.2 Å². The molecule has 0 saturated heterocycles. The van der Waals surface area contributed by atoms with Gasteiger partial charge in [-0.25, -0.2) is 0 Å². The SMILES string of the molecule is C=CCn1nnc(NC(=O)c2ccc(OCc3ccccc3)cc2)n1. The van der Waals surface area contributed by atoms with Crippen LogP contribution in [0.5, 0.6) is 5.75 Å². The fourth-order valence-electron chi connectivity index (χ4n) is 2.10. The minimum Gasteiger partial charge on any atom is -0.489 e. The Labute approximate surface area is 144 Å². The topological polar surface area (TPSA) is 81.9 Å². The molecule has 0 saturated carbocycles. The lowest BCUT2D eigenvalue weighted by Crippen LogP contribution is -2.13. The molecule has 0 aliphatic carbocycles. The average molecular weight is 335 g/mol. The molecule has 0 atom stereocenters. The maximum Gasteiger partial charge on any atom is 0.270 e. The number of hydrogen-bond donors (Lipinski definition) is 1. The summed E-state index contributed by atoms with van der Waals surface area (Å²) in [6.45, 7) is 4.49. The summed E-state index contributed by atoms with van der Waals surface area (Å²) in [5.41, 5.74) is 1.56. The van der Waals surface area contributed by atoms with Crippen molar-refractivity contribution in [1.29, 1.82) is 0 Å². The molecule has 0 unspecified atom stereocenters. The molecule has 0 bridgehead atoms. The van der Waals surface area contributed by atoms with Crippen molar-refractivity contribution in [3.8, 4) is 5.75 Å². The maximum atomic E-state index is 12.2. The van der Waals surface area contributed by atoms with Gasteiger partial charge in [-0.3, -0.25) is 10.1 Å². The van der Waals surface area contributed by atoms with Crippen molar-refractivity contribution < 1.29 is 9.53 Å². The summed E-state index contributed by atoms with van der Waals surface area (Å²) in [5, 5.41) is 14.2. The van der Waals surface area contributed by atoms with Gasteiger partial charge in [0.1, 0.15) is 12.4 Å². The van der Waals surface area contributed by atoms with Crippen LogP contribution in [-0.2, 0) is 13.2 Å². The zero-order valence-corrected chi connectivity index (χ0v) is 13.5. The van der Waals surface area contributed by atoms with Crippen LogP contribution >= 0.6 is 0 Å². The Hall–Kier alpha value is -3.48. The van der Waals surface area contributed by atoms with Crippen LogP contribution in [-0.4, -0.2) is 26.1 Å². The van der Waals surface area contributed by atoms with Crippen molar-refractivity contribution in [3.05, 3.63) is 78.4 Å². The number of benzene rings is 2. The number of tetrazole rings is 1. The van der Waals surface area contributed by atoms with E-state index in [0.717, 1.165) is 5.56 Å². The van der Waals surface area contributed by atoms with Crippen LogP contribution < -0.4 is 10.1 Å². The molecule has 1 amide bonds. The Morgan fingerprint density at radius 3 is 2.64 bits per heavy atom. The van der Waals surface area contributed by atoms with E-state index in [0.29, 0.717) is 24.5 Å². The van der Waals surface area contributed by atoms with Crippen LogP contribution in [0.2, 0.25) is 0 Å². The standard InChI is InChI=1S/C18H17N5O2/c1-2-12-23-21-18(20-22-23)19-17(24)15-8-10-16(11-9-15)25-13-14-6-4-3-5-7-14/h2-11H,1,12-13H2,(H,19,21,24). The van der Waals surface area contributed by atoms with Crippen molar-refractivity contribution in [2.75, 3.05) is 5.32 Å². The van der Waals surface area contributed by atoms with Crippen molar-refractivity contribution in [1.82, 2.24) is 20.2 Å². The second-order valence-electron chi connectivity index (χ2n) is 5.21. The number of carbonyl (C=O) groups is 1. The van der Waals surface area contributed by atoms with Crippen LogP contribution in [0.4, 0.5) is 5.95 Å². The summed E-state index contributed by atoms with van der Waals surface area (Å²) in [6, 6.07) is 16.7. The van der Waals surface area contributed by atoms with Gasteiger partial charge in [-0.2, -0.15) is 4.80 Å².